The van der Waals surface area contributed by atoms with E-state index in [-0.39, 0.29) is 18.0 Å². The van der Waals surface area contributed by atoms with Gasteiger partial charge in [0.25, 0.3) is 0 Å². The van der Waals surface area contributed by atoms with Crippen LogP contribution in [0, 0.1) is 0 Å². The molecule has 3 rings (SSSR count). The summed E-state index contributed by atoms with van der Waals surface area (Å²) in [4.78, 5) is 0. The van der Waals surface area contributed by atoms with Crippen LogP contribution in [-0.2, 0) is 11.2 Å². The van der Waals surface area contributed by atoms with Crippen molar-refractivity contribution in [1.82, 2.24) is 0 Å². The summed E-state index contributed by atoms with van der Waals surface area (Å²) in [5, 5.41) is 18.7. The normalized spacial score (nSPS) is 20.9. The lowest BCUT2D eigenvalue weighted by molar-refractivity contribution is 0.000724. The summed E-state index contributed by atoms with van der Waals surface area (Å²) in [6, 6.07) is 14.5. The molecule has 1 heterocycles. The fourth-order valence-electron chi connectivity index (χ4n) is 2.69. The summed E-state index contributed by atoms with van der Waals surface area (Å²) in [6.07, 6.45) is 7.19. The Kier molecular flexibility index (Phi) is 4.45. The van der Waals surface area contributed by atoms with E-state index in [1.165, 1.54) is 5.56 Å². The van der Waals surface area contributed by atoms with Crippen LogP contribution in [-0.4, -0.2) is 16.3 Å². The third-order valence-corrected chi connectivity index (χ3v) is 3.96. The fourth-order valence-corrected chi connectivity index (χ4v) is 2.69. The van der Waals surface area contributed by atoms with Crippen LogP contribution in [0.25, 0.3) is 0 Å². The molecule has 2 N–H and O–H groups in total. The molecule has 22 heavy (non-hydrogen) atoms. The third kappa shape index (κ3) is 3.68. The van der Waals surface area contributed by atoms with Gasteiger partial charge in [-0.25, -0.2) is 0 Å². The molecule has 0 saturated heterocycles. The average Bonchev–Trinajstić information content (AvgIpc) is 2.55. The quantitative estimate of drug-likeness (QED) is 0.835. The molecule has 2 atom stereocenters. The molecule has 0 saturated carbocycles. The lowest BCUT2D eigenvalue weighted by Gasteiger charge is -2.26. The van der Waals surface area contributed by atoms with Gasteiger partial charge in [-0.2, -0.15) is 0 Å². The number of phenols is 2. The van der Waals surface area contributed by atoms with Gasteiger partial charge in [-0.1, -0.05) is 36.4 Å². The van der Waals surface area contributed by atoms with Crippen molar-refractivity contribution >= 4 is 0 Å². The molecule has 114 valence electrons. The molecule has 1 aliphatic heterocycles. The average molecular weight is 296 g/mol. The van der Waals surface area contributed by atoms with Crippen LogP contribution in [0.1, 0.15) is 30.1 Å². The van der Waals surface area contributed by atoms with E-state index in [1.807, 2.05) is 24.3 Å². The maximum Gasteiger partial charge on any atom is 0.115 e. The van der Waals surface area contributed by atoms with Crippen LogP contribution in [0.15, 0.2) is 60.7 Å². The fraction of sp³-hybridized carbons (Fsp3) is 0.263. The van der Waals surface area contributed by atoms with E-state index in [0.29, 0.717) is 5.75 Å². The van der Waals surface area contributed by atoms with E-state index in [9.17, 15) is 10.2 Å². The second-order valence-electron chi connectivity index (χ2n) is 5.64. The molecule has 0 aliphatic carbocycles. The van der Waals surface area contributed by atoms with Gasteiger partial charge in [0.1, 0.15) is 17.6 Å². The van der Waals surface area contributed by atoms with E-state index in [0.717, 1.165) is 24.8 Å². The molecule has 0 amide bonds. The molecule has 0 fully saturated rings. The van der Waals surface area contributed by atoms with Crippen LogP contribution >= 0.6 is 0 Å². The standard InChI is InChI=1S/C19H20O3/c20-16-9-4-14(5-10-16)6-13-18-2-1-3-19(22-18)15-7-11-17(21)12-8-15/h1,3-5,7-12,18-21H,2,6,13H2/t18-,19+/m1/s1. The van der Waals surface area contributed by atoms with Gasteiger partial charge in [-0.15, -0.1) is 0 Å². The number of hydrogen-bond donors (Lipinski definition) is 2. The molecule has 0 spiro atoms. The van der Waals surface area contributed by atoms with Crippen LogP contribution < -0.4 is 0 Å². The van der Waals surface area contributed by atoms with E-state index in [1.54, 1.807) is 24.3 Å². The van der Waals surface area contributed by atoms with Crippen LogP contribution in [0.3, 0.4) is 0 Å². The summed E-state index contributed by atoms with van der Waals surface area (Å²) in [6.45, 7) is 0. The monoisotopic (exact) mass is 296 g/mol. The predicted octanol–water partition coefficient (Wildman–Crippen LogP) is 4.12. The Morgan fingerprint density at radius 3 is 2.23 bits per heavy atom. The first kappa shape index (κ1) is 14.7. The van der Waals surface area contributed by atoms with Crippen molar-refractivity contribution in [3.8, 4) is 11.5 Å². The zero-order valence-electron chi connectivity index (χ0n) is 12.4. The van der Waals surface area contributed by atoms with Crippen molar-refractivity contribution < 1.29 is 14.9 Å². The van der Waals surface area contributed by atoms with Crippen molar-refractivity contribution in [2.24, 2.45) is 0 Å². The molecule has 1 aliphatic rings. The lowest BCUT2D eigenvalue weighted by Crippen LogP contribution is -2.19. The van der Waals surface area contributed by atoms with Gasteiger partial charge in [0.2, 0.25) is 0 Å². The van der Waals surface area contributed by atoms with Gasteiger partial charge < -0.3 is 14.9 Å². The van der Waals surface area contributed by atoms with Crippen LogP contribution in [0.2, 0.25) is 0 Å². The summed E-state index contributed by atoms with van der Waals surface area (Å²) in [5.74, 6) is 0.570. The van der Waals surface area contributed by atoms with E-state index in [2.05, 4.69) is 12.2 Å². The van der Waals surface area contributed by atoms with Gasteiger partial charge in [0.05, 0.1) is 6.10 Å². The second-order valence-corrected chi connectivity index (χ2v) is 5.64. The number of rotatable bonds is 4. The number of hydrogen-bond acceptors (Lipinski definition) is 3. The molecule has 0 bridgehead atoms. The van der Waals surface area contributed by atoms with Gasteiger partial charge >= 0.3 is 0 Å². The Hall–Kier alpha value is -2.26. The van der Waals surface area contributed by atoms with E-state index >= 15 is 0 Å². The van der Waals surface area contributed by atoms with Crippen molar-refractivity contribution in [3.05, 3.63) is 71.8 Å². The number of phenolic OH excluding ortho intramolecular Hbond substituents is 2. The zero-order chi connectivity index (χ0) is 15.4. The van der Waals surface area contributed by atoms with Crippen LogP contribution in [0.5, 0.6) is 11.5 Å². The Morgan fingerprint density at radius 2 is 1.55 bits per heavy atom. The van der Waals surface area contributed by atoms with Gasteiger partial charge in [0.15, 0.2) is 0 Å². The topological polar surface area (TPSA) is 49.7 Å². The van der Waals surface area contributed by atoms with E-state index in [4.69, 9.17) is 4.74 Å². The van der Waals surface area contributed by atoms with Crippen molar-refractivity contribution in [3.63, 3.8) is 0 Å². The van der Waals surface area contributed by atoms with Crippen molar-refractivity contribution in [2.45, 2.75) is 31.5 Å². The maximum atomic E-state index is 9.36. The second kappa shape index (κ2) is 6.67. The van der Waals surface area contributed by atoms with Gasteiger partial charge in [-0.05, 0) is 54.7 Å². The van der Waals surface area contributed by atoms with Crippen molar-refractivity contribution in [1.29, 1.82) is 0 Å². The number of aryl methyl sites for hydroxylation is 1. The van der Waals surface area contributed by atoms with Crippen molar-refractivity contribution in [2.75, 3.05) is 0 Å². The highest BCUT2D eigenvalue weighted by atomic mass is 16.5. The first-order valence-electron chi connectivity index (χ1n) is 7.59. The highest BCUT2D eigenvalue weighted by Crippen LogP contribution is 2.29. The smallest absolute Gasteiger partial charge is 0.115 e. The Balaban J connectivity index is 1.58. The van der Waals surface area contributed by atoms with Crippen LogP contribution in [0.4, 0.5) is 0 Å². The molecule has 2 aromatic carbocycles. The van der Waals surface area contributed by atoms with Gasteiger partial charge in [0, 0.05) is 0 Å². The lowest BCUT2D eigenvalue weighted by atomic mass is 10.0. The molecule has 3 heteroatoms. The SMILES string of the molecule is Oc1ccc(CC[C@H]2CC=C[C@@H](c3ccc(O)cc3)O2)cc1. The minimum atomic E-state index is -0.0424. The highest BCUT2D eigenvalue weighted by molar-refractivity contribution is 5.30. The first-order valence-corrected chi connectivity index (χ1v) is 7.59. The van der Waals surface area contributed by atoms with E-state index < -0.39 is 0 Å². The summed E-state index contributed by atoms with van der Waals surface area (Å²) in [5.41, 5.74) is 2.26. The summed E-state index contributed by atoms with van der Waals surface area (Å²) in [7, 11) is 0. The molecule has 2 aromatic rings. The summed E-state index contributed by atoms with van der Waals surface area (Å²) < 4.78 is 6.14. The molecular weight excluding hydrogens is 276 g/mol. The number of benzene rings is 2. The molecule has 3 nitrogen and oxygen atoms in total. The van der Waals surface area contributed by atoms with Gasteiger partial charge in [-0.3, -0.25) is 0 Å². The molecule has 0 radical (unpaired) electrons. The minimum absolute atomic E-state index is 0.0424. The maximum absolute atomic E-state index is 9.36. The number of ether oxygens (including phenoxy) is 1. The Labute approximate surface area is 130 Å². The first-order chi connectivity index (χ1) is 10.7. The largest absolute Gasteiger partial charge is 0.508 e. The third-order valence-electron chi connectivity index (χ3n) is 3.96. The number of aromatic hydroxyl groups is 2. The molecule has 0 aromatic heterocycles. The Morgan fingerprint density at radius 1 is 0.909 bits per heavy atom. The summed E-state index contributed by atoms with van der Waals surface area (Å²) >= 11 is 0. The predicted molar refractivity (Wildman–Crippen MR) is 85.9 cm³/mol. The molecule has 0 unspecified atom stereocenters. The highest BCUT2D eigenvalue weighted by Gasteiger charge is 2.19. The Bertz CT molecular complexity index is 629. The minimum Gasteiger partial charge on any atom is -0.508 e. The molecular formula is C19H20O3. The zero-order valence-corrected chi connectivity index (χ0v) is 12.4.